The van der Waals surface area contributed by atoms with E-state index in [1.807, 2.05) is 12.1 Å². The van der Waals surface area contributed by atoms with Crippen molar-refractivity contribution in [2.24, 2.45) is 0 Å². The van der Waals surface area contributed by atoms with Gasteiger partial charge < -0.3 is 24.0 Å². The number of hydrogen-bond acceptors (Lipinski definition) is 8. The molecule has 0 atom stereocenters. The van der Waals surface area contributed by atoms with Crippen LogP contribution < -0.4 is 19.1 Å². The Morgan fingerprint density at radius 2 is 1.52 bits per heavy atom. The first-order valence-corrected chi connectivity index (χ1v) is 9.80. The molecule has 158 valence electrons. The molecular formula is C21H31N5O3. The predicted molar refractivity (Wildman–Crippen MR) is 114 cm³/mol. The smallest absolute Gasteiger partial charge is 0.203 e. The lowest BCUT2D eigenvalue weighted by Gasteiger charge is -2.36. The zero-order chi connectivity index (χ0) is 20.8. The first-order valence-electron chi connectivity index (χ1n) is 9.80. The van der Waals surface area contributed by atoms with Crippen molar-refractivity contribution in [2.75, 3.05) is 79.6 Å². The number of likely N-dealkylation sites (N-methyl/N-ethyl adjacent to an activating group) is 1. The maximum atomic E-state index is 5.51. The quantitative estimate of drug-likeness (QED) is 0.664. The molecule has 1 fully saturated rings. The Labute approximate surface area is 173 Å². The number of anilines is 1. The van der Waals surface area contributed by atoms with Crippen LogP contribution in [0, 0.1) is 0 Å². The molecule has 8 nitrogen and oxygen atoms in total. The molecule has 29 heavy (non-hydrogen) atoms. The van der Waals surface area contributed by atoms with E-state index < -0.39 is 0 Å². The Morgan fingerprint density at radius 3 is 2.07 bits per heavy atom. The van der Waals surface area contributed by atoms with E-state index in [2.05, 4.69) is 38.8 Å². The number of benzene rings is 1. The van der Waals surface area contributed by atoms with Gasteiger partial charge in [0.2, 0.25) is 5.75 Å². The summed E-state index contributed by atoms with van der Waals surface area (Å²) in [5.74, 6) is 2.66. The van der Waals surface area contributed by atoms with Crippen LogP contribution in [0.5, 0.6) is 17.2 Å². The highest BCUT2D eigenvalue weighted by Gasteiger charge is 2.23. The van der Waals surface area contributed by atoms with Crippen molar-refractivity contribution >= 4 is 5.82 Å². The normalized spacial score (nSPS) is 14.9. The molecule has 3 rings (SSSR count). The third-order valence-corrected chi connectivity index (χ3v) is 5.15. The van der Waals surface area contributed by atoms with Crippen molar-refractivity contribution < 1.29 is 14.2 Å². The van der Waals surface area contributed by atoms with Gasteiger partial charge in [0, 0.05) is 57.2 Å². The van der Waals surface area contributed by atoms with Crippen LogP contribution in [0.15, 0.2) is 24.5 Å². The summed E-state index contributed by atoms with van der Waals surface area (Å²) in [5.41, 5.74) is 1.70. The Bertz CT molecular complexity index is 782. The highest BCUT2D eigenvalue weighted by molar-refractivity contribution is 5.76. The molecule has 1 aliphatic rings. The van der Waals surface area contributed by atoms with Gasteiger partial charge in [-0.1, -0.05) is 0 Å². The van der Waals surface area contributed by atoms with Crippen LogP contribution in [0.3, 0.4) is 0 Å². The van der Waals surface area contributed by atoms with Crippen molar-refractivity contribution in [3.8, 4) is 28.5 Å². The monoisotopic (exact) mass is 401 g/mol. The standard InChI is InChI=1S/C21H31N5O3/c1-24(2)8-9-25-10-12-26(13-11-25)21-19(22-6-7-23-21)16-14-17(27-3)20(29-5)18(15-16)28-4/h6-7,14-15H,8-13H2,1-5H3. The van der Waals surface area contributed by atoms with Crippen LogP contribution in [0.1, 0.15) is 0 Å². The van der Waals surface area contributed by atoms with Crippen molar-refractivity contribution in [1.29, 1.82) is 0 Å². The number of ether oxygens (including phenoxy) is 3. The number of hydrogen-bond donors (Lipinski definition) is 0. The maximum absolute atomic E-state index is 5.51. The van der Waals surface area contributed by atoms with Crippen LogP contribution in [0.25, 0.3) is 11.3 Å². The van der Waals surface area contributed by atoms with E-state index in [9.17, 15) is 0 Å². The van der Waals surface area contributed by atoms with Gasteiger partial charge in [0.05, 0.1) is 21.3 Å². The molecule has 2 heterocycles. The molecule has 0 bridgehead atoms. The first kappa shape index (κ1) is 21.1. The van der Waals surface area contributed by atoms with Crippen LogP contribution >= 0.6 is 0 Å². The highest BCUT2D eigenvalue weighted by Crippen LogP contribution is 2.42. The van der Waals surface area contributed by atoms with E-state index in [1.54, 1.807) is 33.7 Å². The summed E-state index contributed by atoms with van der Waals surface area (Å²) in [5, 5.41) is 0. The number of piperazine rings is 1. The molecular weight excluding hydrogens is 370 g/mol. The molecule has 2 aromatic rings. The van der Waals surface area contributed by atoms with Gasteiger partial charge in [-0.15, -0.1) is 0 Å². The topological polar surface area (TPSA) is 63.2 Å². The Hall–Kier alpha value is -2.58. The summed E-state index contributed by atoms with van der Waals surface area (Å²) in [6.45, 7) is 6.02. The SMILES string of the molecule is COc1cc(-c2nccnc2N2CCN(CCN(C)C)CC2)cc(OC)c1OC. The molecule has 8 heteroatoms. The molecule has 0 N–H and O–H groups in total. The fourth-order valence-electron chi connectivity index (χ4n) is 3.51. The van der Waals surface area contributed by atoms with E-state index in [4.69, 9.17) is 14.2 Å². The van der Waals surface area contributed by atoms with Crippen LogP contribution in [0.4, 0.5) is 5.82 Å². The zero-order valence-electron chi connectivity index (χ0n) is 18.0. The van der Waals surface area contributed by atoms with E-state index in [1.165, 1.54) is 0 Å². The third-order valence-electron chi connectivity index (χ3n) is 5.15. The fourth-order valence-corrected chi connectivity index (χ4v) is 3.51. The molecule has 0 amide bonds. The highest BCUT2D eigenvalue weighted by atomic mass is 16.5. The van der Waals surface area contributed by atoms with Crippen molar-refractivity contribution in [1.82, 2.24) is 19.8 Å². The van der Waals surface area contributed by atoms with Crippen LogP contribution in [-0.4, -0.2) is 94.5 Å². The Balaban J connectivity index is 1.85. The summed E-state index contributed by atoms with van der Waals surface area (Å²) in [6.07, 6.45) is 3.46. The summed E-state index contributed by atoms with van der Waals surface area (Å²) >= 11 is 0. The van der Waals surface area contributed by atoms with Gasteiger partial charge in [0.1, 0.15) is 5.69 Å². The largest absolute Gasteiger partial charge is 0.493 e. The molecule has 0 spiro atoms. The summed E-state index contributed by atoms with van der Waals surface area (Å²) in [7, 11) is 9.06. The predicted octanol–water partition coefficient (Wildman–Crippen LogP) is 1.85. The van der Waals surface area contributed by atoms with E-state index in [0.717, 1.165) is 56.3 Å². The van der Waals surface area contributed by atoms with Crippen molar-refractivity contribution in [3.63, 3.8) is 0 Å². The first-order chi connectivity index (χ1) is 14.1. The Morgan fingerprint density at radius 1 is 0.897 bits per heavy atom. The fraction of sp³-hybridized carbons (Fsp3) is 0.524. The van der Waals surface area contributed by atoms with Gasteiger partial charge >= 0.3 is 0 Å². The van der Waals surface area contributed by atoms with Gasteiger partial charge in [-0.3, -0.25) is 9.88 Å². The van der Waals surface area contributed by atoms with Gasteiger partial charge in [-0.25, -0.2) is 4.98 Å². The average Bonchev–Trinajstić information content (AvgIpc) is 2.77. The molecule has 1 saturated heterocycles. The second kappa shape index (κ2) is 9.76. The Kier molecular flexibility index (Phi) is 7.11. The van der Waals surface area contributed by atoms with E-state index >= 15 is 0 Å². The van der Waals surface area contributed by atoms with E-state index in [-0.39, 0.29) is 0 Å². The molecule has 0 saturated carbocycles. The zero-order valence-corrected chi connectivity index (χ0v) is 18.0. The van der Waals surface area contributed by atoms with Gasteiger partial charge in [-0.2, -0.15) is 0 Å². The summed E-state index contributed by atoms with van der Waals surface area (Å²) in [6, 6.07) is 3.84. The number of aromatic nitrogens is 2. The van der Waals surface area contributed by atoms with Crippen molar-refractivity contribution in [3.05, 3.63) is 24.5 Å². The minimum atomic E-state index is 0.568. The second-order valence-corrected chi connectivity index (χ2v) is 7.27. The molecule has 1 aromatic carbocycles. The maximum Gasteiger partial charge on any atom is 0.203 e. The minimum Gasteiger partial charge on any atom is -0.493 e. The van der Waals surface area contributed by atoms with Crippen molar-refractivity contribution in [2.45, 2.75) is 0 Å². The van der Waals surface area contributed by atoms with Gasteiger partial charge in [-0.05, 0) is 26.2 Å². The molecule has 0 radical (unpaired) electrons. The van der Waals surface area contributed by atoms with E-state index in [0.29, 0.717) is 17.2 Å². The van der Waals surface area contributed by atoms with Gasteiger partial charge in [0.15, 0.2) is 17.3 Å². The lowest BCUT2D eigenvalue weighted by Crippen LogP contribution is -2.48. The minimum absolute atomic E-state index is 0.568. The second-order valence-electron chi connectivity index (χ2n) is 7.27. The molecule has 0 unspecified atom stereocenters. The van der Waals surface area contributed by atoms with Crippen LogP contribution in [0.2, 0.25) is 0 Å². The number of rotatable bonds is 8. The molecule has 0 aliphatic carbocycles. The lowest BCUT2D eigenvalue weighted by atomic mass is 10.1. The van der Waals surface area contributed by atoms with Crippen LogP contribution in [-0.2, 0) is 0 Å². The number of nitrogens with zero attached hydrogens (tertiary/aromatic N) is 5. The number of methoxy groups -OCH3 is 3. The lowest BCUT2D eigenvalue weighted by molar-refractivity contribution is 0.229. The summed E-state index contributed by atoms with van der Waals surface area (Å²) < 4.78 is 16.5. The van der Waals surface area contributed by atoms with Gasteiger partial charge in [0.25, 0.3) is 0 Å². The average molecular weight is 402 g/mol. The molecule has 1 aliphatic heterocycles. The third kappa shape index (κ3) is 4.89. The molecule has 1 aromatic heterocycles. The summed E-state index contributed by atoms with van der Waals surface area (Å²) in [4.78, 5) is 16.3.